The lowest BCUT2D eigenvalue weighted by Gasteiger charge is -2.02. The molecule has 2 aromatic rings. The lowest BCUT2D eigenvalue weighted by molar-refractivity contribution is -0.136. The number of ether oxygens (including phenoxy) is 1. The average Bonchev–Trinajstić information content (AvgIpc) is 2.66. The quantitative estimate of drug-likeness (QED) is 0.899. The van der Waals surface area contributed by atoms with Crippen molar-refractivity contribution in [1.82, 2.24) is 4.57 Å². The van der Waals surface area contributed by atoms with Crippen LogP contribution in [-0.4, -0.2) is 28.7 Å². The molecule has 0 saturated heterocycles. The van der Waals surface area contributed by atoms with Crippen LogP contribution in [0.2, 0.25) is 0 Å². The number of methoxy groups -OCH3 is 1. The highest BCUT2D eigenvalue weighted by molar-refractivity contribution is 5.95. The van der Waals surface area contributed by atoms with Gasteiger partial charge in [0.15, 0.2) is 0 Å². The summed E-state index contributed by atoms with van der Waals surface area (Å²) >= 11 is 0. The maximum absolute atomic E-state index is 11.5. The number of aromatic nitrogens is 1. The lowest BCUT2D eigenvalue weighted by atomic mass is 10.1. The van der Waals surface area contributed by atoms with Crippen molar-refractivity contribution in [2.24, 2.45) is 0 Å². The van der Waals surface area contributed by atoms with Gasteiger partial charge in [-0.3, -0.25) is 14.2 Å². The molecule has 5 heteroatoms. The van der Waals surface area contributed by atoms with Crippen molar-refractivity contribution in [2.75, 3.05) is 7.11 Å². The predicted molar refractivity (Wildman–Crippen MR) is 66.1 cm³/mol. The van der Waals surface area contributed by atoms with Crippen LogP contribution in [0.5, 0.6) is 5.75 Å². The number of benzene rings is 1. The molecular weight excluding hydrogens is 234 g/mol. The van der Waals surface area contributed by atoms with Crippen molar-refractivity contribution in [2.45, 2.75) is 13.3 Å². The first-order chi connectivity index (χ1) is 8.52. The Labute approximate surface area is 104 Å². The van der Waals surface area contributed by atoms with Crippen molar-refractivity contribution >= 4 is 22.8 Å². The number of nitrogens with zero attached hydrogens (tertiary/aromatic N) is 1. The van der Waals surface area contributed by atoms with Crippen molar-refractivity contribution in [3.05, 3.63) is 30.0 Å². The van der Waals surface area contributed by atoms with Crippen molar-refractivity contribution in [1.29, 1.82) is 0 Å². The van der Waals surface area contributed by atoms with Crippen LogP contribution >= 0.6 is 0 Å². The number of carboxylic acids is 1. The van der Waals surface area contributed by atoms with E-state index in [1.807, 2.05) is 0 Å². The number of rotatable bonds is 3. The standard InChI is InChI=1S/C13H13NO4/c1-8(15)14-7-9(5-13(16)17)11-4-3-10(18-2)6-12(11)14/h3-4,6-7H,5H2,1-2H3,(H,16,17). The molecule has 0 aliphatic rings. The molecule has 0 unspecified atom stereocenters. The van der Waals surface area contributed by atoms with Crippen molar-refractivity contribution in [3.8, 4) is 5.75 Å². The summed E-state index contributed by atoms with van der Waals surface area (Å²) in [6.45, 7) is 1.43. The van der Waals surface area contributed by atoms with Gasteiger partial charge in [0.1, 0.15) is 5.75 Å². The molecule has 0 amide bonds. The average molecular weight is 247 g/mol. The minimum Gasteiger partial charge on any atom is -0.497 e. The third-order valence-electron chi connectivity index (χ3n) is 2.78. The molecule has 5 nitrogen and oxygen atoms in total. The Morgan fingerprint density at radius 3 is 2.67 bits per heavy atom. The van der Waals surface area contributed by atoms with Gasteiger partial charge < -0.3 is 9.84 Å². The van der Waals surface area contributed by atoms with Gasteiger partial charge >= 0.3 is 5.97 Å². The fourth-order valence-corrected chi connectivity index (χ4v) is 1.97. The van der Waals surface area contributed by atoms with Crippen LogP contribution in [0, 0.1) is 0 Å². The van der Waals surface area contributed by atoms with Crippen LogP contribution in [-0.2, 0) is 11.2 Å². The van der Waals surface area contributed by atoms with Gasteiger partial charge in [0, 0.05) is 24.6 Å². The van der Waals surface area contributed by atoms with E-state index in [4.69, 9.17) is 9.84 Å². The van der Waals surface area contributed by atoms with Crippen LogP contribution in [0.4, 0.5) is 0 Å². The van der Waals surface area contributed by atoms with Crippen LogP contribution < -0.4 is 4.74 Å². The number of carbonyl (C=O) groups excluding carboxylic acids is 1. The van der Waals surface area contributed by atoms with Gasteiger partial charge in [0.2, 0.25) is 5.91 Å². The van der Waals surface area contributed by atoms with Gasteiger partial charge in [-0.15, -0.1) is 0 Å². The second-order valence-electron chi connectivity index (χ2n) is 4.00. The molecule has 0 bridgehead atoms. The molecule has 0 saturated carbocycles. The molecule has 2 rings (SSSR count). The molecule has 18 heavy (non-hydrogen) atoms. The molecule has 0 atom stereocenters. The van der Waals surface area contributed by atoms with Gasteiger partial charge in [-0.25, -0.2) is 0 Å². The number of aliphatic carboxylic acids is 1. The third-order valence-corrected chi connectivity index (χ3v) is 2.78. The van der Waals surface area contributed by atoms with Crippen LogP contribution in [0.15, 0.2) is 24.4 Å². The first-order valence-electron chi connectivity index (χ1n) is 5.43. The topological polar surface area (TPSA) is 68.5 Å². The predicted octanol–water partition coefficient (Wildman–Crippen LogP) is 1.94. The first-order valence-corrected chi connectivity index (χ1v) is 5.43. The zero-order chi connectivity index (χ0) is 13.3. The van der Waals surface area contributed by atoms with E-state index in [0.29, 0.717) is 16.8 Å². The van der Waals surface area contributed by atoms with Gasteiger partial charge in [-0.05, 0) is 17.7 Å². The summed E-state index contributed by atoms with van der Waals surface area (Å²) in [4.78, 5) is 22.3. The molecule has 94 valence electrons. The zero-order valence-corrected chi connectivity index (χ0v) is 10.1. The molecule has 0 radical (unpaired) electrons. The zero-order valence-electron chi connectivity index (χ0n) is 10.1. The molecule has 1 heterocycles. The number of fused-ring (bicyclic) bond motifs is 1. The Hall–Kier alpha value is -2.30. The van der Waals surface area contributed by atoms with Crippen LogP contribution in [0.3, 0.4) is 0 Å². The minimum atomic E-state index is -0.923. The molecule has 0 fully saturated rings. The normalized spacial score (nSPS) is 10.6. The Balaban J connectivity index is 2.67. The highest BCUT2D eigenvalue weighted by atomic mass is 16.5. The van der Waals surface area contributed by atoms with Gasteiger partial charge in [0.25, 0.3) is 0 Å². The Morgan fingerprint density at radius 1 is 1.39 bits per heavy atom. The van der Waals surface area contributed by atoms with Crippen LogP contribution in [0.1, 0.15) is 17.3 Å². The SMILES string of the molecule is COc1ccc2c(CC(=O)O)cn(C(C)=O)c2c1. The monoisotopic (exact) mass is 247 g/mol. The number of carbonyl (C=O) groups is 2. The molecule has 0 aliphatic carbocycles. The largest absolute Gasteiger partial charge is 0.497 e. The van der Waals surface area contributed by atoms with Gasteiger partial charge in [-0.2, -0.15) is 0 Å². The third kappa shape index (κ3) is 2.07. The summed E-state index contributed by atoms with van der Waals surface area (Å²) in [5.41, 5.74) is 1.29. The van der Waals surface area contributed by atoms with E-state index >= 15 is 0 Å². The van der Waals surface area contributed by atoms with E-state index in [-0.39, 0.29) is 12.3 Å². The summed E-state index contributed by atoms with van der Waals surface area (Å²) < 4.78 is 6.55. The summed E-state index contributed by atoms with van der Waals surface area (Å²) in [6.07, 6.45) is 1.46. The Morgan fingerprint density at radius 2 is 2.11 bits per heavy atom. The van der Waals surface area contributed by atoms with E-state index in [1.165, 1.54) is 11.5 Å². The molecule has 0 spiro atoms. The van der Waals surface area contributed by atoms with E-state index < -0.39 is 5.97 Å². The lowest BCUT2D eigenvalue weighted by Crippen LogP contribution is -2.03. The van der Waals surface area contributed by atoms with Crippen LogP contribution in [0.25, 0.3) is 10.9 Å². The van der Waals surface area contributed by atoms with Gasteiger partial charge in [0.05, 0.1) is 19.0 Å². The van der Waals surface area contributed by atoms with E-state index in [0.717, 1.165) is 5.39 Å². The fourth-order valence-electron chi connectivity index (χ4n) is 1.97. The van der Waals surface area contributed by atoms with Gasteiger partial charge in [-0.1, -0.05) is 0 Å². The summed E-state index contributed by atoms with van der Waals surface area (Å²) in [6, 6.07) is 5.24. The maximum atomic E-state index is 11.5. The van der Waals surface area contributed by atoms with E-state index in [1.54, 1.807) is 31.5 Å². The van der Waals surface area contributed by atoms with E-state index in [9.17, 15) is 9.59 Å². The summed E-state index contributed by atoms with van der Waals surface area (Å²) in [7, 11) is 1.54. The van der Waals surface area contributed by atoms with Crippen molar-refractivity contribution in [3.63, 3.8) is 0 Å². The molecule has 0 aliphatic heterocycles. The minimum absolute atomic E-state index is 0.108. The maximum Gasteiger partial charge on any atom is 0.307 e. The second kappa shape index (κ2) is 4.52. The number of hydrogen-bond acceptors (Lipinski definition) is 3. The molecule has 1 N–H and O–H groups in total. The highest BCUT2D eigenvalue weighted by Gasteiger charge is 2.14. The number of hydrogen-bond donors (Lipinski definition) is 1. The molecular formula is C13H13NO4. The summed E-state index contributed by atoms with van der Waals surface area (Å²) in [5.74, 6) is -0.455. The highest BCUT2D eigenvalue weighted by Crippen LogP contribution is 2.26. The summed E-state index contributed by atoms with van der Waals surface area (Å²) in [5, 5.41) is 9.61. The smallest absolute Gasteiger partial charge is 0.307 e. The fraction of sp³-hybridized carbons (Fsp3) is 0.231. The molecule has 1 aromatic carbocycles. The number of carboxylic acid groups (broad SMARTS) is 1. The first kappa shape index (κ1) is 12.2. The Bertz CT molecular complexity index is 627. The van der Waals surface area contributed by atoms with E-state index in [2.05, 4.69) is 0 Å². The van der Waals surface area contributed by atoms with Crippen molar-refractivity contribution < 1.29 is 19.4 Å². The molecule has 1 aromatic heterocycles. The Kier molecular flexibility index (Phi) is 3.06. The second-order valence-corrected chi connectivity index (χ2v) is 4.00.